The van der Waals surface area contributed by atoms with Crippen molar-refractivity contribution < 1.29 is 29.3 Å². The third kappa shape index (κ3) is 2.69. The predicted molar refractivity (Wildman–Crippen MR) is 95.1 cm³/mol. The van der Waals surface area contributed by atoms with Crippen molar-refractivity contribution in [1.29, 1.82) is 0 Å². The van der Waals surface area contributed by atoms with Crippen LogP contribution in [0.25, 0.3) is 10.8 Å². The third-order valence-corrected chi connectivity index (χ3v) is 5.61. The lowest BCUT2D eigenvalue weighted by Crippen LogP contribution is -2.51. The van der Waals surface area contributed by atoms with Gasteiger partial charge in [0, 0.05) is 23.6 Å². The summed E-state index contributed by atoms with van der Waals surface area (Å²) in [6.07, 6.45) is -1.72. The first-order chi connectivity index (χ1) is 12.8. The van der Waals surface area contributed by atoms with Crippen LogP contribution in [-0.4, -0.2) is 39.9 Å². The number of anilines is 1. The van der Waals surface area contributed by atoms with Gasteiger partial charge in [0.2, 0.25) is 0 Å². The second-order valence-electron chi connectivity index (χ2n) is 7.11. The molecule has 1 amide bonds. The molecule has 2 aromatic rings. The zero-order valence-electron chi connectivity index (χ0n) is 14.2. The molecule has 0 bridgehead atoms. The minimum absolute atomic E-state index is 0.107. The van der Waals surface area contributed by atoms with E-state index in [0.717, 1.165) is 10.8 Å². The maximum absolute atomic E-state index is 12.4. The molecule has 0 heterocycles. The average molecular weight is 370 g/mol. The number of fused-ring (bicyclic) bond motifs is 2. The Balaban J connectivity index is 1.51. The lowest BCUT2D eigenvalue weighted by Gasteiger charge is -2.24. The fourth-order valence-corrected chi connectivity index (χ4v) is 4.35. The normalized spacial score (nSPS) is 31.1. The first kappa shape index (κ1) is 17.3. The Morgan fingerprint density at radius 3 is 2.52 bits per heavy atom. The number of amides is 1. The summed E-state index contributed by atoms with van der Waals surface area (Å²) in [4.78, 5) is 35.2. The predicted octanol–water partition coefficient (Wildman–Crippen LogP) is 1.89. The standard InChI is InChI=1S/C19H18N2O6/c20-19(17(24)25)8-12(13-14(15(13)19)16(22)23)27-18(26)21-11-7-3-5-9-4-1-2-6-10(9)11/h1-7,12-15H,8,20H2,(H,21,26)(H,22,23)(H,24,25). The minimum Gasteiger partial charge on any atom is -0.481 e. The van der Waals surface area contributed by atoms with Crippen LogP contribution < -0.4 is 11.1 Å². The van der Waals surface area contributed by atoms with Crippen LogP contribution in [-0.2, 0) is 14.3 Å². The van der Waals surface area contributed by atoms with Crippen LogP contribution in [0.5, 0.6) is 0 Å². The Morgan fingerprint density at radius 1 is 1.11 bits per heavy atom. The summed E-state index contributed by atoms with van der Waals surface area (Å²) < 4.78 is 5.39. The molecule has 2 fully saturated rings. The summed E-state index contributed by atoms with van der Waals surface area (Å²) in [5.74, 6) is -4.62. The third-order valence-electron chi connectivity index (χ3n) is 5.61. The van der Waals surface area contributed by atoms with Gasteiger partial charge in [0.25, 0.3) is 0 Å². The van der Waals surface area contributed by atoms with E-state index < -0.39 is 47.4 Å². The lowest BCUT2D eigenvalue weighted by molar-refractivity contribution is -0.146. The number of carboxylic acids is 2. The highest BCUT2D eigenvalue weighted by molar-refractivity contribution is 6.00. The number of hydrogen-bond acceptors (Lipinski definition) is 5. The highest BCUT2D eigenvalue weighted by Crippen LogP contribution is 2.62. The van der Waals surface area contributed by atoms with Crippen LogP contribution in [0.1, 0.15) is 6.42 Å². The van der Waals surface area contributed by atoms with Crippen molar-refractivity contribution in [1.82, 2.24) is 0 Å². The molecule has 8 nitrogen and oxygen atoms in total. The van der Waals surface area contributed by atoms with E-state index in [0.29, 0.717) is 5.69 Å². The summed E-state index contributed by atoms with van der Waals surface area (Å²) in [7, 11) is 0. The van der Waals surface area contributed by atoms with Gasteiger partial charge in [-0.25, -0.2) is 4.79 Å². The highest BCUT2D eigenvalue weighted by Gasteiger charge is 2.75. The summed E-state index contributed by atoms with van der Waals surface area (Å²) in [6, 6.07) is 12.9. The van der Waals surface area contributed by atoms with Crippen molar-refractivity contribution in [2.45, 2.75) is 18.1 Å². The Morgan fingerprint density at radius 2 is 1.81 bits per heavy atom. The monoisotopic (exact) mass is 370 g/mol. The molecule has 8 heteroatoms. The molecule has 2 aromatic carbocycles. The fraction of sp³-hybridized carbons (Fsp3) is 0.316. The van der Waals surface area contributed by atoms with Gasteiger partial charge in [-0.3, -0.25) is 14.9 Å². The molecule has 2 aliphatic rings. The van der Waals surface area contributed by atoms with Crippen molar-refractivity contribution in [2.24, 2.45) is 23.5 Å². The van der Waals surface area contributed by atoms with Gasteiger partial charge in [-0.1, -0.05) is 36.4 Å². The molecular weight excluding hydrogens is 352 g/mol. The van der Waals surface area contributed by atoms with Crippen LogP contribution in [0.4, 0.5) is 10.5 Å². The van der Waals surface area contributed by atoms with E-state index in [1.54, 1.807) is 12.1 Å². The minimum atomic E-state index is -1.70. The van der Waals surface area contributed by atoms with Gasteiger partial charge in [-0.2, -0.15) is 0 Å². The van der Waals surface area contributed by atoms with Gasteiger partial charge in [0.1, 0.15) is 11.6 Å². The van der Waals surface area contributed by atoms with Crippen molar-refractivity contribution in [3.63, 3.8) is 0 Å². The fourth-order valence-electron chi connectivity index (χ4n) is 4.35. The van der Waals surface area contributed by atoms with Gasteiger partial charge in [0.05, 0.1) is 11.6 Å². The van der Waals surface area contributed by atoms with Gasteiger partial charge in [0.15, 0.2) is 0 Å². The molecule has 0 radical (unpaired) electrons. The van der Waals surface area contributed by atoms with Gasteiger partial charge in [-0.05, 0) is 11.5 Å². The molecule has 5 N–H and O–H groups in total. The van der Waals surface area contributed by atoms with E-state index in [2.05, 4.69) is 5.32 Å². The van der Waals surface area contributed by atoms with Gasteiger partial charge in [-0.15, -0.1) is 0 Å². The van der Waals surface area contributed by atoms with Crippen molar-refractivity contribution in [3.05, 3.63) is 42.5 Å². The van der Waals surface area contributed by atoms with E-state index in [9.17, 15) is 24.6 Å². The number of rotatable bonds is 4. The largest absolute Gasteiger partial charge is 0.481 e. The van der Waals surface area contributed by atoms with Crippen molar-refractivity contribution in [3.8, 4) is 0 Å². The zero-order chi connectivity index (χ0) is 19.3. The summed E-state index contributed by atoms with van der Waals surface area (Å²) >= 11 is 0. The number of carboxylic acid groups (broad SMARTS) is 2. The number of nitrogens with two attached hydrogens (primary N) is 1. The molecule has 4 rings (SSSR count). The Hall–Kier alpha value is -3.13. The Kier molecular flexibility index (Phi) is 3.81. The molecule has 5 unspecified atom stereocenters. The molecule has 0 saturated heterocycles. The first-order valence-electron chi connectivity index (χ1n) is 8.53. The number of carbonyl (C=O) groups excluding carboxylic acids is 1. The summed E-state index contributed by atoms with van der Waals surface area (Å²) in [5.41, 5.74) is 4.79. The lowest BCUT2D eigenvalue weighted by atomic mass is 9.91. The average Bonchev–Trinajstić information content (AvgIpc) is 3.31. The zero-order valence-corrected chi connectivity index (χ0v) is 14.2. The summed E-state index contributed by atoms with van der Waals surface area (Å²) in [6.45, 7) is 0. The van der Waals surface area contributed by atoms with E-state index in [1.807, 2.05) is 30.3 Å². The van der Waals surface area contributed by atoms with E-state index in [-0.39, 0.29) is 6.42 Å². The van der Waals surface area contributed by atoms with Crippen LogP contribution in [0.3, 0.4) is 0 Å². The number of aliphatic carboxylic acids is 2. The Bertz CT molecular complexity index is 955. The molecule has 5 atom stereocenters. The van der Waals surface area contributed by atoms with E-state index in [4.69, 9.17) is 10.5 Å². The molecule has 27 heavy (non-hydrogen) atoms. The van der Waals surface area contributed by atoms with Crippen LogP contribution in [0.2, 0.25) is 0 Å². The number of benzene rings is 2. The number of carbonyl (C=O) groups is 3. The number of ether oxygens (including phenoxy) is 1. The Labute approximate surface area is 153 Å². The van der Waals surface area contributed by atoms with E-state index >= 15 is 0 Å². The van der Waals surface area contributed by atoms with Crippen molar-refractivity contribution >= 4 is 34.5 Å². The quantitative estimate of drug-likeness (QED) is 0.644. The van der Waals surface area contributed by atoms with Gasteiger partial charge < -0.3 is 20.7 Å². The smallest absolute Gasteiger partial charge is 0.411 e. The maximum atomic E-state index is 12.4. The molecule has 2 aliphatic carbocycles. The first-order valence-corrected chi connectivity index (χ1v) is 8.53. The van der Waals surface area contributed by atoms with Crippen LogP contribution in [0.15, 0.2) is 42.5 Å². The molecule has 0 spiro atoms. The molecule has 0 aromatic heterocycles. The van der Waals surface area contributed by atoms with Crippen LogP contribution >= 0.6 is 0 Å². The topological polar surface area (TPSA) is 139 Å². The van der Waals surface area contributed by atoms with Gasteiger partial charge >= 0.3 is 18.0 Å². The highest BCUT2D eigenvalue weighted by atomic mass is 16.6. The number of nitrogens with one attached hydrogen (secondary N) is 1. The maximum Gasteiger partial charge on any atom is 0.411 e. The van der Waals surface area contributed by atoms with E-state index in [1.165, 1.54) is 0 Å². The molecule has 140 valence electrons. The second-order valence-corrected chi connectivity index (χ2v) is 7.11. The van der Waals surface area contributed by atoms with Crippen LogP contribution in [0, 0.1) is 17.8 Å². The SMILES string of the molecule is NC1(C(=O)O)CC(OC(=O)Nc2cccc3ccccc23)C2C(C(=O)O)C21. The summed E-state index contributed by atoms with van der Waals surface area (Å²) in [5, 5.41) is 23.1. The number of hydrogen-bond donors (Lipinski definition) is 4. The molecule has 2 saturated carbocycles. The molecule has 0 aliphatic heterocycles. The molecular formula is C19H18N2O6. The second kappa shape index (κ2) is 5.95. The van der Waals surface area contributed by atoms with Crippen molar-refractivity contribution in [2.75, 3.05) is 5.32 Å².